The zero-order valence-corrected chi connectivity index (χ0v) is 21.4. The predicted molar refractivity (Wildman–Crippen MR) is 145 cm³/mol. The summed E-state index contributed by atoms with van der Waals surface area (Å²) < 4.78 is 3.40. The van der Waals surface area contributed by atoms with E-state index in [1.807, 2.05) is 12.3 Å². The number of aromatic nitrogens is 4. The molecule has 2 aromatic heterocycles. The minimum atomic E-state index is 0.287. The highest BCUT2D eigenvalue weighted by molar-refractivity contribution is 9.10. The molecule has 5 aromatic rings. The Hall–Kier alpha value is -3.45. The Balaban J connectivity index is 1.22. The number of para-hydroxylation sites is 1. The summed E-state index contributed by atoms with van der Waals surface area (Å²) in [6.07, 6.45) is 5.01. The number of hydrogen-bond acceptors (Lipinski definition) is 3. The molecular formula is C29H26BrN5O. The fourth-order valence-corrected chi connectivity index (χ4v) is 6.07. The number of halogens is 1. The Bertz CT molecular complexity index is 1600. The first-order chi connectivity index (χ1) is 17.6. The molecule has 7 rings (SSSR count). The summed E-state index contributed by atoms with van der Waals surface area (Å²) in [5.74, 6) is 2.05. The van der Waals surface area contributed by atoms with Gasteiger partial charge in [0, 0.05) is 41.0 Å². The maximum atomic E-state index is 12.6. The van der Waals surface area contributed by atoms with Crippen LogP contribution in [0.15, 0.2) is 71.3 Å². The van der Waals surface area contributed by atoms with Crippen LogP contribution in [0.25, 0.3) is 44.5 Å². The van der Waals surface area contributed by atoms with Gasteiger partial charge in [-0.3, -0.25) is 9.89 Å². The molecule has 180 valence electrons. The molecule has 2 aliphatic rings. The van der Waals surface area contributed by atoms with Gasteiger partial charge in [0.05, 0.1) is 22.7 Å². The molecule has 1 aliphatic heterocycles. The van der Waals surface area contributed by atoms with Gasteiger partial charge in [-0.1, -0.05) is 42.5 Å². The van der Waals surface area contributed by atoms with Crippen LogP contribution in [-0.2, 0) is 11.3 Å². The zero-order valence-electron chi connectivity index (χ0n) is 19.8. The van der Waals surface area contributed by atoms with E-state index >= 15 is 0 Å². The van der Waals surface area contributed by atoms with Crippen molar-refractivity contribution in [3.63, 3.8) is 0 Å². The summed E-state index contributed by atoms with van der Waals surface area (Å²) in [4.78, 5) is 19.7. The fourth-order valence-electron chi connectivity index (χ4n) is 5.50. The summed E-state index contributed by atoms with van der Waals surface area (Å²) in [6.45, 7) is 2.56. The van der Waals surface area contributed by atoms with E-state index in [-0.39, 0.29) is 5.92 Å². The molecule has 3 heterocycles. The Morgan fingerprint density at radius 3 is 2.64 bits per heavy atom. The molecule has 3 aromatic carbocycles. The topological polar surface area (TPSA) is 66.8 Å². The summed E-state index contributed by atoms with van der Waals surface area (Å²) in [6, 6.07) is 21.2. The van der Waals surface area contributed by atoms with Gasteiger partial charge in [0.15, 0.2) is 0 Å². The molecule has 6 nitrogen and oxygen atoms in total. The Morgan fingerprint density at radius 2 is 1.81 bits per heavy atom. The third-order valence-corrected chi connectivity index (χ3v) is 8.24. The molecule has 7 heteroatoms. The van der Waals surface area contributed by atoms with Crippen LogP contribution in [0.1, 0.15) is 19.3 Å². The second-order valence-electron chi connectivity index (χ2n) is 10.1. The predicted octanol–water partition coefficient (Wildman–Crippen LogP) is 6.27. The molecule has 1 saturated carbocycles. The second kappa shape index (κ2) is 8.59. The monoisotopic (exact) mass is 539 g/mol. The van der Waals surface area contributed by atoms with Crippen molar-refractivity contribution >= 4 is 43.8 Å². The second-order valence-corrected chi connectivity index (χ2v) is 11.0. The van der Waals surface area contributed by atoms with E-state index in [2.05, 4.69) is 90.2 Å². The quantitative estimate of drug-likeness (QED) is 0.286. The number of fused-ring (bicyclic) bond motifs is 2. The molecular weight excluding hydrogens is 514 g/mol. The average molecular weight is 540 g/mol. The third kappa shape index (κ3) is 3.82. The number of hydrogen-bond donors (Lipinski definition) is 1. The lowest BCUT2D eigenvalue weighted by Gasteiger charge is -2.18. The number of nitrogens with one attached hydrogen (secondary N) is 1. The third-order valence-electron chi connectivity index (χ3n) is 7.60. The molecule has 1 amide bonds. The number of carbonyl (C=O) groups is 1. The maximum Gasteiger partial charge on any atom is 0.225 e. The molecule has 0 spiro atoms. The number of nitrogens with zero attached hydrogens (tertiary/aromatic N) is 4. The first kappa shape index (κ1) is 21.8. The minimum Gasteiger partial charge on any atom is -0.342 e. The van der Waals surface area contributed by atoms with Gasteiger partial charge in [-0.05, 0) is 70.4 Å². The molecule has 1 saturated heterocycles. The highest BCUT2D eigenvalue weighted by Crippen LogP contribution is 2.35. The number of likely N-dealkylation sites (tertiary alicyclic amines) is 1. The summed E-state index contributed by atoms with van der Waals surface area (Å²) in [7, 11) is 0. The molecule has 0 bridgehead atoms. The van der Waals surface area contributed by atoms with Crippen LogP contribution in [0.4, 0.5) is 0 Å². The Kier molecular flexibility index (Phi) is 5.20. The van der Waals surface area contributed by atoms with Gasteiger partial charge in [0.1, 0.15) is 5.82 Å². The number of aromatic amines is 1. The van der Waals surface area contributed by atoms with E-state index in [1.54, 1.807) is 0 Å². The van der Waals surface area contributed by atoms with Crippen LogP contribution in [-0.4, -0.2) is 43.6 Å². The molecule has 1 unspecified atom stereocenters. The highest BCUT2D eigenvalue weighted by atomic mass is 79.9. The number of rotatable bonds is 5. The standard InChI is InChI=1S/C29H26BrN5O/c30-24-2-1-3-25-27(24)35(17-18-12-13-34(16-18)29(36)21-8-9-21)28(32-25)20-6-4-19(5-7-20)22-10-11-23-15-31-33-26(23)14-22/h1-7,10-11,14-15,18,21H,8-9,12-13,16-17H2,(H,31,33). The number of carbonyl (C=O) groups excluding carboxylic acids is 1. The van der Waals surface area contributed by atoms with E-state index in [4.69, 9.17) is 4.98 Å². The van der Waals surface area contributed by atoms with E-state index in [1.165, 1.54) is 0 Å². The van der Waals surface area contributed by atoms with Crippen molar-refractivity contribution in [3.05, 3.63) is 71.3 Å². The largest absolute Gasteiger partial charge is 0.342 e. The van der Waals surface area contributed by atoms with Gasteiger partial charge in [0.2, 0.25) is 5.91 Å². The number of H-pyrrole nitrogens is 1. The number of benzene rings is 3. The lowest BCUT2D eigenvalue weighted by Crippen LogP contribution is -2.30. The Morgan fingerprint density at radius 1 is 1.00 bits per heavy atom. The van der Waals surface area contributed by atoms with Crippen LogP contribution in [0.2, 0.25) is 0 Å². The zero-order chi connectivity index (χ0) is 24.2. The van der Waals surface area contributed by atoms with Gasteiger partial charge in [-0.15, -0.1) is 0 Å². The molecule has 1 N–H and O–H groups in total. The fraction of sp³-hybridized carbons (Fsp3) is 0.276. The van der Waals surface area contributed by atoms with Crippen molar-refractivity contribution in [1.29, 1.82) is 0 Å². The van der Waals surface area contributed by atoms with Gasteiger partial charge in [-0.25, -0.2) is 4.98 Å². The van der Waals surface area contributed by atoms with Crippen LogP contribution in [0.5, 0.6) is 0 Å². The van der Waals surface area contributed by atoms with Crippen molar-refractivity contribution in [2.45, 2.75) is 25.8 Å². The normalized spacial score (nSPS) is 17.9. The van der Waals surface area contributed by atoms with Crippen LogP contribution < -0.4 is 0 Å². The summed E-state index contributed by atoms with van der Waals surface area (Å²) >= 11 is 3.77. The van der Waals surface area contributed by atoms with E-state index in [0.717, 1.165) is 87.8 Å². The number of imidazole rings is 1. The van der Waals surface area contributed by atoms with Crippen molar-refractivity contribution < 1.29 is 4.79 Å². The first-order valence-corrected chi connectivity index (χ1v) is 13.4. The summed E-state index contributed by atoms with van der Waals surface area (Å²) in [5, 5.41) is 8.30. The lowest BCUT2D eigenvalue weighted by molar-refractivity contribution is -0.131. The molecule has 2 fully saturated rings. The van der Waals surface area contributed by atoms with Crippen molar-refractivity contribution in [2.75, 3.05) is 13.1 Å². The van der Waals surface area contributed by atoms with Crippen molar-refractivity contribution in [2.24, 2.45) is 11.8 Å². The Labute approximate surface area is 217 Å². The van der Waals surface area contributed by atoms with E-state index in [0.29, 0.717) is 11.8 Å². The minimum absolute atomic E-state index is 0.287. The molecule has 0 radical (unpaired) electrons. The first-order valence-electron chi connectivity index (χ1n) is 12.6. The van der Waals surface area contributed by atoms with Gasteiger partial charge in [-0.2, -0.15) is 5.10 Å². The van der Waals surface area contributed by atoms with E-state index in [9.17, 15) is 4.79 Å². The van der Waals surface area contributed by atoms with Crippen LogP contribution in [0.3, 0.4) is 0 Å². The molecule has 36 heavy (non-hydrogen) atoms. The SMILES string of the molecule is O=C(C1CC1)N1CCC(Cn2c(-c3ccc(-c4ccc5cn[nH]c5c4)cc3)nc3cccc(Br)c32)C1. The van der Waals surface area contributed by atoms with Gasteiger partial charge < -0.3 is 9.47 Å². The molecule has 1 atom stereocenters. The number of amides is 1. The summed E-state index contributed by atoms with van der Waals surface area (Å²) in [5.41, 5.74) is 6.54. The van der Waals surface area contributed by atoms with Crippen molar-refractivity contribution in [1.82, 2.24) is 24.6 Å². The van der Waals surface area contributed by atoms with Crippen LogP contribution in [0, 0.1) is 11.8 Å². The average Bonchev–Trinajstić information content (AvgIpc) is 3.29. The van der Waals surface area contributed by atoms with Crippen LogP contribution >= 0.6 is 15.9 Å². The smallest absolute Gasteiger partial charge is 0.225 e. The van der Waals surface area contributed by atoms with E-state index < -0.39 is 0 Å². The highest BCUT2D eigenvalue weighted by Gasteiger charge is 2.36. The maximum absolute atomic E-state index is 12.6. The van der Waals surface area contributed by atoms with Crippen molar-refractivity contribution in [3.8, 4) is 22.5 Å². The lowest BCUT2D eigenvalue weighted by atomic mass is 10.0. The van der Waals surface area contributed by atoms with Gasteiger partial charge >= 0.3 is 0 Å². The van der Waals surface area contributed by atoms with Gasteiger partial charge in [0.25, 0.3) is 0 Å². The molecule has 1 aliphatic carbocycles.